The van der Waals surface area contributed by atoms with E-state index in [0.29, 0.717) is 11.4 Å². The van der Waals surface area contributed by atoms with Crippen molar-refractivity contribution in [3.63, 3.8) is 0 Å². The molecule has 0 bridgehead atoms. The molecule has 2 amide bonds. The van der Waals surface area contributed by atoms with Crippen LogP contribution in [0.1, 0.15) is 31.4 Å². The first-order valence-corrected chi connectivity index (χ1v) is 6.77. The molecular weight excluding hydrogens is 260 g/mol. The van der Waals surface area contributed by atoms with Crippen molar-refractivity contribution in [1.29, 1.82) is 0 Å². The molecule has 1 aromatic rings. The molecule has 0 spiro atoms. The van der Waals surface area contributed by atoms with Crippen LogP contribution >= 0.6 is 0 Å². The zero-order valence-corrected chi connectivity index (χ0v) is 11.8. The molecule has 7 nitrogen and oxygen atoms in total. The minimum atomic E-state index is -0.991. The van der Waals surface area contributed by atoms with Crippen molar-refractivity contribution in [3.05, 3.63) is 11.9 Å². The second-order valence-electron chi connectivity index (χ2n) is 5.19. The van der Waals surface area contributed by atoms with E-state index in [0.717, 1.165) is 25.7 Å². The van der Waals surface area contributed by atoms with Gasteiger partial charge in [0.1, 0.15) is 6.54 Å². The van der Waals surface area contributed by atoms with Crippen LogP contribution in [-0.2, 0) is 11.8 Å². The Balaban J connectivity index is 2.09. The number of urea groups is 1. The summed E-state index contributed by atoms with van der Waals surface area (Å²) in [6.45, 7) is 1.53. The minimum Gasteiger partial charge on any atom is -0.480 e. The molecule has 1 aliphatic carbocycles. The highest BCUT2D eigenvalue weighted by Crippen LogP contribution is 2.24. The van der Waals surface area contributed by atoms with E-state index in [1.165, 1.54) is 4.90 Å². The molecule has 1 fully saturated rings. The molecule has 20 heavy (non-hydrogen) atoms. The van der Waals surface area contributed by atoms with Crippen LogP contribution in [0.15, 0.2) is 6.20 Å². The Bertz CT molecular complexity index is 506. The van der Waals surface area contributed by atoms with Crippen LogP contribution < -0.4 is 5.32 Å². The number of hydrogen-bond donors (Lipinski definition) is 2. The number of aromatic nitrogens is 2. The summed E-state index contributed by atoms with van der Waals surface area (Å²) in [4.78, 5) is 24.7. The van der Waals surface area contributed by atoms with Crippen LogP contribution in [0.4, 0.5) is 10.5 Å². The molecule has 0 radical (unpaired) electrons. The molecule has 0 aliphatic heterocycles. The van der Waals surface area contributed by atoms with Gasteiger partial charge in [-0.05, 0) is 19.8 Å². The van der Waals surface area contributed by atoms with Gasteiger partial charge in [0.05, 0.1) is 11.4 Å². The van der Waals surface area contributed by atoms with Crippen LogP contribution in [-0.4, -0.2) is 44.4 Å². The Morgan fingerprint density at radius 3 is 2.65 bits per heavy atom. The van der Waals surface area contributed by atoms with Gasteiger partial charge in [0.15, 0.2) is 0 Å². The number of hydrogen-bond acceptors (Lipinski definition) is 3. The lowest BCUT2D eigenvalue weighted by Gasteiger charge is -2.27. The first-order valence-electron chi connectivity index (χ1n) is 6.77. The van der Waals surface area contributed by atoms with Gasteiger partial charge >= 0.3 is 12.0 Å². The Kier molecular flexibility index (Phi) is 4.26. The van der Waals surface area contributed by atoms with Crippen molar-refractivity contribution in [2.24, 2.45) is 7.05 Å². The van der Waals surface area contributed by atoms with Crippen molar-refractivity contribution in [2.45, 2.75) is 38.6 Å². The quantitative estimate of drug-likeness (QED) is 0.876. The molecule has 1 heterocycles. The predicted octanol–water partition coefficient (Wildman–Crippen LogP) is 1.59. The van der Waals surface area contributed by atoms with Crippen LogP contribution in [0.2, 0.25) is 0 Å². The van der Waals surface area contributed by atoms with E-state index < -0.39 is 5.97 Å². The fraction of sp³-hybridized carbons (Fsp3) is 0.615. The number of amides is 2. The van der Waals surface area contributed by atoms with Gasteiger partial charge in [-0.15, -0.1) is 0 Å². The number of carbonyl (C=O) groups excluding carboxylic acids is 1. The second kappa shape index (κ2) is 5.94. The average Bonchev–Trinajstić information content (AvgIpc) is 2.96. The van der Waals surface area contributed by atoms with Crippen molar-refractivity contribution in [3.8, 4) is 0 Å². The fourth-order valence-electron chi connectivity index (χ4n) is 2.64. The van der Waals surface area contributed by atoms with Crippen LogP contribution in [0, 0.1) is 6.92 Å². The number of nitrogens with zero attached hydrogens (tertiary/aromatic N) is 3. The molecule has 1 saturated carbocycles. The Morgan fingerprint density at radius 2 is 2.15 bits per heavy atom. The van der Waals surface area contributed by atoms with Gasteiger partial charge < -0.3 is 15.3 Å². The van der Waals surface area contributed by atoms with Gasteiger partial charge in [0, 0.05) is 19.3 Å². The molecule has 7 heteroatoms. The number of nitrogens with one attached hydrogen (secondary N) is 1. The molecule has 2 N–H and O–H groups in total. The first kappa shape index (κ1) is 14.4. The van der Waals surface area contributed by atoms with E-state index in [1.807, 2.05) is 0 Å². The second-order valence-corrected chi connectivity index (χ2v) is 5.19. The van der Waals surface area contributed by atoms with Crippen molar-refractivity contribution in [2.75, 3.05) is 11.9 Å². The van der Waals surface area contributed by atoms with Crippen LogP contribution in [0.25, 0.3) is 0 Å². The van der Waals surface area contributed by atoms with Gasteiger partial charge in [-0.1, -0.05) is 12.8 Å². The standard InChI is InChI=1S/C13H20N4O3/c1-9-11(7-16(2)15-9)14-13(20)17(8-12(18)19)10-5-3-4-6-10/h7,10H,3-6,8H2,1-2H3,(H,14,20)(H,18,19). The zero-order chi connectivity index (χ0) is 14.7. The molecule has 1 aromatic heterocycles. The maximum Gasteiger partial charge on any atom is 0.323 e. The van der Waals surface area contributed by atoms with E-state index in [4.69, 9.17) is 5.11 Å². The third kappa shape index (κ3) is 3.28. The highest BCUT2D eigenvalue weighted by Gasteiger charge is 2.28. The summed E-state index contributed by atoms with van der Waals surface area (Å²) in [6.07, 6.45) is 5.53. The van der Waals surface area contributed by atoms with Gasteiger partial charge in [-0.25, -0.2) is 4.79 Å². The molecule has 2 rings (SSSR count). The van der Waals surface area contributed by atoms with Crippen LogP contribution in [0.5, 0.6) is 0 Å². The van der Waals surface area contributed by atoms with Gasteiger partial charge in [0.25, 0.3) is 0 Å². The lowest BCUT2D eigenvalue weighted by Crippen LogP contribution is -2.44. The Hall–Kier alpha value is -2.05. The third-order valence-corrected chi connectivity index (χ3v) is 3.59. The molecule has 0 unspecified atom stereocenters. The number of rotatable bonds is 4. The number of carboxylic acid groups (broad SMARTS) is 1. The molecule has 1 aliphatic rings. The van der Waals surface area contributed by atoms with Gasteiger partial charge in [-0.2, -0.15) is 5.10 Å². The summed E-state index contributed by atoms with van der Waals surface area (Å²) < 4.78 is 1.61. The van der Waals surface area contributed by atoms with Gasteiger partial charge in [0.2, 0.25) is 0 Å². The van der Waals surface area contributed by atoms with Crippen molar-refractivity contribution < 1.29 is 14.7 Å². The zero-order valence-electron chi connectivity index (χ0n) is 11.8. The first-order chi connectivity index (χ1) is 9.47. The number of aryl methyl sites for hydroxylation is 2. The topological polar surface area (TPSA) is 87.5 Å². The lowest BCUT2D eigenvalue weighted by molar-refractivity contribution is -0.138. The van der Waals surface area contributed by atoms with E-state index in [1.54, 1.807) is 24.9 Å². The Morgan fingerprint density at radius 1 is 1.50 bits per heavy atom. The number of carbonyl (C=O) groups is 2. The normalized spacial score (nSPS) is 15.3. The SMILES string of the molecule is Cc1nn(C)cc1NC(=O)N(CC(=O)O)C1CCCC1. The van der Waals surface area contributed by atoms with Crippen molar-refractivity contribution >= 4 is 17.7 Å². The maximum atomic E-state index is 12.3. The van der Waals surface area contributed by atoms with E-state index in [-0.39, 0.29) is 18.6 Å². The molecule has 0 saturated heterocycles. The summed E-state index contributed by atoms with van der Waals surface area (Å²) in [5, 5.41) is 15.9. The smallest absolute Gasteiger partial charge is 0.323 e. The summed E-state index contributed by atoms with van der Waals surface area (Å²) in [6, 6.07) is -0.349. The molecule has 0 aromatic carbocycles. The van der Waals surface area contributed by atoms with E-state index in [2.05, 4.69) is 10.4 Å². The number of carboxylic acids is 1. The van der Waals surface area contributed by atoms with E-state index in [9.17, 15) is 9.59 Å². The summed E-state index contributed by atoms with van der Waals surface area (Å²) in [5.41, 5.74) is 1.33. The summed E-state index contributed by atoms with van der Waals surface area (Å²) in [7, 11) is 1.77. The Labute approximate surface area is 117 Å². The average molecular weight is 280 g/mol. The largest absolute Gasteiger partial charge is 0.480 e. The maximum absolute atomic E-state index is 12.3. The molecule has 0 atom stereocenters. The molecule has 110 valence electrons. The fourth-order valence-corrected chi connectivity index (χ4v) is 2.64. The third-order valence-electron chi connectivity index (χ3n) is 3.59. The van der Waals surface area contributed by atoms with Crippen molar-refractivity contribution in [1.82, 2.24) is 14.7 Å². The highest BCUT2D eigenvalue weighted by atomic mass is 16.4. The van der Waals surface area contributed by atoms with E-state index >= 15 is 0 Å². The lowest BCUT2D eigenvalue weighted by atomic mass is 10.2. The minimum absolute atomic E-state index is 0.0167. The summed E-state index contributed by atoms with van der Waals surface area (Å²) >= 11 is 0. The summed E-state index contributed by atoms with van der Waals surface area (Å²) in [5.74, 6) is -0.991. The monoisotopic (exact) mass is 280 g/mol. The molecular formula is C13H20N4O3. The van der Waals surface area contributed by atoms with Gasteiger partial charge in [-0.3, -0.25) is 9.48 Å². The predicted molar refractivity (Wildman–Crippen MR) is 73.6 cm³/mol. The number of aliphatic carboxylic acids is 1. The number of anilines is 1. The van der Waals surface area contributed by atoms with Crippen LogP contribution in [0.3, 0.4) is 0 Å². The highest BCUT2D eigenvalue weighted by molar-refractivity contribution is 5.92.